The van der Waals surface area contributed by atoms with Gasteiger partial charge < -0.3 is 5.73 Å². The van der Waals surface area contributed by atoms with Crippen LogP contribution in [-0.2, 0) is 11.8 Å². The van der Waals surface area contributed by atoms with E-state index in [1.54, 1.807) is 11.3 Å². The molecule has 0 radical (unpaired) electrons. The molecule has 0 amide bonds. The molecular weight excluding hydrogens is 250 g/mol. The summed E-state index contributed by atoms with van der Waals surface area (Å²) in [6.07, 6.45) is 0.907. The molecule has 1 atom stereocenters. The van der Waals surface area contributed by atoms with Gasteiger partial charge in [0.15, 0.2) is 0 Å². The van der Waals surface area contributed by atoms with Crippen LogP contribution in [0.15, 0.2) is 36.4 Å². The maximum Gasteiger partial charge on any atom is 0.0430 e. The lowest BCUT2D eigenvalue weighted by atomic mass is 9.86. The molecule has 0 spiro atoms. The summed E-state index contributed by atoms with van der Waals surface area (Å²) in [5, 5.41) is 0. The topological polar surface area (TPSA) is 26.0 Å². The predicted octanol–water partition coefficient (Wildman–Crippen LogP) is 4.60. The van der Waals surface area contributed by atoms with Crippen molar-refractivity contribution in [2.75, 3.05) is 0 Å². The average molecular weight is 273 g/mol. The second-order valence-corrected chi connectivity index (χ2v) is 7.53. The monoisotopic (exact) mass is 273 g/mol. The molecule has 102 valence electrons. The molecule has 2 N–H and O–H groups in total. The summed E-state index contributed by atoms with van der Waals surface area (Å²) >= 11 is 1.80. The Morgan fingerprint density at radius 2 is 1.68 bits per heavy atom. The van der Waals surface area contributed by atoms with Crippen LogP contribution in [0.2, 0.25) is 0 Å². The summed E-state index contributed by atoms with van der Waals surface area (Å²) in [5.74, 6) is 0. The lowest BCUT2D eigenvalue weighted by molar-refractivity contribution is 0.589. The van der Waals surface area contributed by atoms with E-state index < -0.39 is 0 Å². The second-order valence-electron chi connectivity index (χ2n) is 6.21. The van der Waals surface area contributed by atoms with Gasteiger partial charge in [-0.25, -0.2) is 0 Å². The highest BCUT2D eigenvalue weighted by atomic mass is 32.1. The van der Waals surface area contributed by atoms with Crippen molar-refractivity contribution in [2.45, 2.75) is 45.6 Å². The molecule has 0 fully saturated rings. The molecule has 0 bridgehead atoms. The minimum atomic E-state index is 0.110. The molecule has 0 aliphatic carbocycles. The summed E-state index contributed by atoms with van der Waals surface area (Å²) in [5.41, 5.74) is 9.17. The molecule has 1 nitrogen and oxygen atoms in total. The average Bonchev–Trinajstić information content (AvgIpc) is 2.75. The highest BCUT2D eigenvalue weighted by Gasteiger charge is 2.14. The van der Waals surface area contributed by atoms with Crippen LogP contribution in [0.25, 0.3) is 0 Å². The van der Waals surface area contributed by atoms with Crippen molar-refractivity contribution in [3.63, 3.8) is 0 Å². The van der Waals surface area contributed by atoms with Gasteiger partial charge in [0.05, 0.1) is 0 Å². The Morgan fingerprint density at radius 3 is 2.16 bits per heavy atom. The lowest BCUT2D eigenvalue weighted by Crippen LogP contribution is -2.13. The van der Waals surface area contributed by atoms with Gasteiger partial charge in [0.1, 0.15) is 0 Å². The number of aryl methyl sites for hydroxylation is 1. The molecule has 1 aromatic heterocycles. The quantitative estimate of drug-likeness (QED) is 0.869. The van der Waals surface area contributed by atoms with Crippen LogP contribution >= 0.6 is 11.3 Å². The fourth-order valence-electron chi connectivity index (χ4n) is 2.15. The van der Waals surface area contributed by atoms with Crippen molar-refractivity contribution in [1.82, 2.24) is 0 Å². The number of hydrogen-bond donors (Lipinski definition) is 1. The molecule has 19 heavy (non-hydrogen) atoms. The van der Waals surface area contributed by atoms with Crippen LogP contribution in [0.3, 0.4) is 0 Å². The van der Waals surface area contributed by atoms with Gasteiger partial charge in [-0.1, -0.05) is 45.0 Å². The number of rotatable bonds is 3. The van der Waals surface area contributed by atoms with Crippen molar-refractivity contribution in [3.8, 4) is 0 Å². The minimum absolute atomic E-state index is 0.110. The van der Waals surface area contributed by atoms with Gasteiger partial charge in [0, 0.05) is 15.8 Å². The van der Waals surface area contributed by atoms with Crippen molar-refractivity contribution in [1.29, 1.82) is 0 Å². The lowest BCUT2D eigenvalue weighted by Gasteiger charge is -2.19. The molecule has 0 aliphatic rings. The van der Waals surface area contributed by atoms with Gasteiger partial charge >= 0.3 is 0 Å². The van der Waals surface area contributed by atoms with Gasteiger partial charge in [-0.15, -0.1) is 11.3 Å². The van der Waals surface area contributed by atoms with E-state index in [0.29, 0.717) is 0 Å². The van der Waals surface area contributed by atoms with Crippen LogP contribution in [-0.4, -0.2) is 0 Å². The van der Waals surface area contributed by atoms with Gasteiger partial charge in [0.2, 0.25) is 0 Å². The maximum absolute atomic E-state index is 6.27. The van der Waals surface area contributed by atoms with E-state index in [2.05, 4.69) is 64.1 Å². The fourth-order valence-corrected chi connectivity index (χ4v) is 3.03. The van der Waals surface area contributed by atoms with Crippen molar-refractivity contribution >= 4 is 11.3 Å². The van der Waals surface area contributed by atoms with E-state index in [0.717, 1.165) is 6.42 Å². The van der Waals surface area contributed by atoms with E-state index in [-0.39, 0.29) is 11.5 Å². The van der Waals surface area contributed by atoms with E-state index >= 15 is 0 Å². The van der Waals surface area contributed by atoms with Crippen LogP contribution in [0.5, 0.6) is 0 Å². The van der Waals surface area contributed by atoms with Crippen LogP contribution in [0.1, 0.15) is 47.7 Å². The summed E-state index contributed by atoms with van der Waals surface area (Å²) in [6, 6.07) is 13.3. The number of nitrogens with two attached hydrogens (primary N) is 1. The number of benzene rings is 1. The first-order chi connectivity index (χ1) is 8.86. The first-order valence-corrected chi connectivity index (χ1v) is 7.59. The Kier molecular flexibility index (Phi) is 4.12. The van der Waals surface area contributed by atoms with E-state index in [4.69, 9.17) is 5.73 Å². The SMILES string of the molecule is Cc1ccc(C(N)Cc2ccc(C(C)(C)C)cc2)s1. The maximum atomic E-state index is 6.27. The smallest absolute Gasteiger partial charge is 0.0430 e. The Labute approximate surface area is 120 Å². The summed E-state index contributed by atoms with van der Waals surface area (Å²) in [4.78, 5) is 2.60. The molecular formula is C17H23NS. The third-order valence-corrected chi connectivity index (χ3v) is 4.53. The van der Waals surface area contributed by atoms with E-state index in [9.17, 15) is 0 Å². The first kappa shape index (κ1) is 14.3. The van der Waals surface area contributed by atoms with Crippen molar-refractivity contribution in [2.24, 2.45) is 5.73 Å². The highest BCUT2D eigenvalue weighted by Crippen LogP contribution is 2.26. The summed E-state index contributed by atoms with van der Waals surface area (Å²) in [7, 11) is 0. The largest absolute Gasteiger partial charge is 0.323 e. The zero-order valence-corrected chi connectivity index (χ0v) is 13.1. The van der Waals surface area contributed by atoms with Gasteiger partial charge in [-0.2, -0.15) is 0 Å². The zero-order valence-electron chi connectivity index (χ0n) is 12.2. The van der Waals surface area contributed by atoms with Crippen molar-refractivity contribution in [3.05, 3.63) is 57.3 Å². The van der Waals surface area contributed by atoms with Gasteiger partial charge in [-0.05, 0) is 42.0 Å². The molecule has 0 saturated heterocycles. The Bertz CT molecular complexity index is 531. The van der Waals surface area contributed by atoms with Crippen LogP contribution < -0.4 is 5.73 Å². The molecule has 1 unspecified atom stereocenters. The normalized spacial score (nSPS) is 13.5. The Balaban J connectivity index is 2.07. The molecule has 2 rings (SSSR count). The van der Waals surface area contributed by atoms with E-state index in [1.807, 2.05) is 0 Å². The van der Waals surface area contributed by atoms with Crippen molar-refractivity contribution < 1.29 is 0 Å². The van der Waals surface area contributed by atoms with Gasteiger partial charge in [-0.3, -0.25) is 0 Å². The molecule has 1 aromatic carbocycles. The van der Waals surface area contributed by atoms with Crippen LogP contribution in [0.4, 0.5) is 0 Å². The summed E-state index contributed by atoms with van der Waals surface area (Å²) in [6.45, 7) is 8.84. The summed E-state index contributed by atoms with van der Waals surface area (Å²) < 4.78 is 0. The minimum Gasteiger partial charge on any atom is -0.323 e. The first-order valence-electron chi connectivity index (χ1n) is 6.77. The molecule has 0 aliphatic heterocycles. The third kappa shape index (κ3) is 3.68. The van der Waals surface area contributed by atoms with Gasteiger partial charge in [0.25, 0.3) is 0 Å². The Morgan fingerprint density at radius 1 is 1.05 bits per heavy atom. The number of thiophene rings is 1. The molecule has 1 heterocycles. The highest BCUT2D eigenvalue weighted by molar-refractivity contribution is 7.12. The Hall–Kier alpha value is -1.12. The second kappa shape index (κ2) is 5.48. The van der Waals surface area contributed by atoms with Crippen LogP contribution in [0, 0.1) is 6.92 Å². The zero-order chi connectivity index (χ0) is 14.0. The number of hydrogen-bond acceptors (Lipinski definition) is 2. The molecule has 0 saturated carbocycles. The molecule has 2 heteroatoms. The standard InChI is InChI=1S/C17H23NS/c1-12-5-10-16(19-12)15(18)11-13-6-8-14(9-7-13)17(2,3)4/h5-10,15H,11,18H2,1-4H3. The van der Waals surface area contributed by atoms with E-state index in [1.165, 1.54) is 20.9 Å². The fraction of sp³-hybridized carbons (Fsp3) is 0.412. The third-order valence-electron chi connectivity index (χ3n) is 3.40. The molecule has 2 aromatic rings. The predicted molar refractivity (Wildman–Crippen MR) is 84.8 cm³/mol.